The zero-order chi connectivity index (χ0) is 16.7. The van der Waals surface area contributed by atoms with E-state index in [-0.39, 0.29) is 0 Å². The Morgan fingerprint density at radius 2 is 2.08 bits per heavy atom. The first-order valence-corrected chi connectivity index (χ1v) is 8.71. The van der Waals surface area contributed by atoms with Gasteiger partial charge in [0.25, 0.3) is 0 Å². The maximum atomic E-state index is 6.05. The maximum absolute atomic E-state index is 6.05. The van der Waals surface area contributed by atoms with E-state index in [1.807, 2.05) is 41.3 Å². The predicted octanol–water partition coefficient (Wildman–Crippen LogP) is 2.86. The van der Waals surface area contributed by atoms with Crippen LogP contribution in [0.15, 0.2) is 24.5 Å². The number of likely N-dealkylation sites (tertiary alicyclic amines) is 1. The van der Waals surface area contributed by atoms with Gasteiger partial charge in [-0.15, -0.1) is 0 Å². The van der Waals surface area contributed by atoms with Crippen molar-refractivity contribution in [3.8, 4) is 0 Å². The molecule has 4 rings (SSSR count). The highest BCUT2D eigenvalue weighted by atomic mass is 35.5. The van der Waals surface area contributed by atoms with Gasteiger partial charge in [-0.2, -0.15) is 5.10 Å². The van der Waals surface area contributed by atoms with Gasteiger partial charge in [-0.3, -0.25) is 4.90 Å². The van der Waals surface area contributed by atoms with E-state index in [4.69, 9.17) is 16.6 Å². The fraction of sp³-hybridized carbons (Fsp3) is 0.471. The van der Waals surface area contributed by atoms with Crippen molar-refractivity contribution in [3.63, 3.8) is 0 Å². The first-order chi connectivity index (χ1) is 11.6. The molecule has 0 bridgehead atoms. The summed E-state index contributed by atoms with van der Waals surface area (Å²) in [4.78, 5) is 11.6. The number of hydrogen-bond acceptors (Lipinski definition) is 4. The van der Waals surface area contributed by atoms with Crippen LogP contribution < -0.4 is 0 Å². The number of rotatable bonds is 4. The van der Waals surface area contributed by atoms with Crippen molar-refractivity contribution in [2.75, 3.05) is 6.54 Å². The summed E-state index contributed by atoms with van der Waals surface area (Å²) < 4.78 is 4.02. The number of fused-ring (bicyclic) bond motifs is 1. The first-order valence-electron chi connectivity index (χ1n) is 8.34. The van der Waals surface area contributed by atoms with Crippen LogP contribution in [0, 0.1) is 13.8 Å². The molecule has 0 N–H and O–H groups in total. The average Bonchev–Trinajstić information content (AvgIpc) is 3.20. The van der Waals surface area contributed by atoms with Gasteiger partial charge < -0.3 is 4.40 Å². The van der Waals surface area contributed by atoms with Crippen molar-refractivity contribution in [2.45, 2.75) is 45.8 Å². The molecule has 0 aliphatic carbocycles. The number of nitrogens with zero attached hydrogens (tertiary/aromatic N) is 6. The van der Waals surface area contributed by atoms with Crippen molar-refractivity contribution < 1.29 is 0 Å². The Kier molecular flexibility index (Phi) is 4.02. The zero-order valence-electron chi connectivity index (χ0n) is 14.0. The summed E-state index contributed by atoms with van der Waals surface area (Å²) in [6, 6.07) is 4.31. The van der Waals surface area contributed by atoms with Gasteiger partial charge in [0, 0.05) is 25.0 Å². The van der Waals surface area contributed by atoms with Gasteiger partial charge in [0.2, 0.25) is 0 Å². The molecule has 4 heterocycles. The summed E-state index contributed by atoms with van der Waals surface area (Å²) in [5.41, 5.74) is 2.02. The van der Waals surface area contributed by atoms with E-state index in [0.717, 1.165) is 47.6 Å². The number of pyridine rings is 1. The molecular weight excluding hydrogens is 324 g/mol. The Morgan fingerprint density at radius 1 is 1.21 bits per heavy atom. The second-order valence-electron chi connectivity index (χ2n) is 6.50. The molecule has 1 aliphatic rings. The minimum absolute atomic E-state index is 0.484. The smallest absolute Gasteiger partial charge is 0.147 e. The van der Waals surface area contributed by atoms with Crippen LogP contribution in [0.1, 0.15) is 30.2 Å². The lowest BCUT2D eigenvalue weighted by Gasteiger charge is -2.23. The predicted molar refractivity (Wildman–Crippen MR) is 93.1 cm³/mol. The number of aryl methyl sites for hydroxylation is 2. The van der Waals surface area contributed by atoms with Gasteiger partial charge in [-0.1, -0.05) is 11.6 Å². The number of hydrogen-bond donors (Lipinski definition) is 0. The average molecular weight is 345 g/mol. The highest BCUT2D eigenvalue weighted by Crippen LogP contribution is 2.22. The minimum atomic E-state index is 0.484. The van der Waals surface area contributed by atoms with E-state index in [0.29, 0.717) is 6.04 Å². The van der Waals surface area contributed by atoms with Crippen LogP contribution in [0.5, 0.6) is 0 Å². The lowest BCUT2D eigenvalue weighted by molar-refractivity contribution is 0.216. The third kappa shape index (κ3) is 3.03. The fourth-order valence-electron chi connectivity index (χ4n) is 3.55. The zero-order valence-corrected chi connectivity index (χ0v) is 14.7. The van der Waals surface area contributed by atoms with Gasteiger partial charge >= 0.3 is 0 Å². The molecule has 3 aromatic heterocycles. The maximum Gasteiger partial charge on any atom is 0.147 e. The van der Waals surface area contributed by atoms with E-state index in [9.17, 15) is 0 Å². The van der Waals surface area contributed by atoms with Crippen LogP contribution >= 0.6 is 11.6 Å². The second kappa shape index (κ2) is 6.18. The summed E-state index contributed by atoms with van der Waals surface area (Å²) in [7, 11) is 0. The van der Waals surface area contributed by atoms with E-state index < -0.39 is 0 Å². The van der Waals surface area contributed by atoms with Crippen molar-refractivity contribution in [1.29, 1.82) is 0 Å². The molecule has 0 saturated carbocycles. The topological polar surface area (TPSA) is 51.2 Å². The standard InChI is InChI=1S/C17H21ClN6/c1-12-19-13(2)24(21-12)11-16-4-3-7-22(16)9-15-10-23-8-14(18)5-6-17(23)20-15/h5-6,8,10,16H,3-4,7,9,11H2,1-2H3/t16-/m0/s1. The molecule has 1 atom stereocenters. The fourth-order valence-corrected chi connectivity index (χ4v) is 3.71. The lowest BCUT2D eigenvalue weighted by atomic mass is 10.2. The Bertz CT molecular complexity index is 867. The molecule has 6 nitrogen and oxygen atoms in total. The minimum Gasteiger partial charge on any atom is -0.305 e. The molecule has 7 heteroatoms. The summed E-state index contributed by atoms with van der Waals surface area (Å²) in [5.74, 6) is 1.83. The van der Waals surface area contributed by atoms with E-state index in [1.165, 1.54) is 12.8 Å². The van der Waals surface area contributed by atoms with Crippen LogP contribution in [-0.4, -0.2) is 41.6 Å². The van der Waals surface area contributed by atoms with Gasteiger partial charge in [-0.25, -0.2) is 14.6 Å². The summed E-state index contributed by atoms with van der Waals surface area (Å²) in [6.45, 7) is 6.82. The van der Waals surface area contributed by atoms with Gasteiger partial charge in [0.05, 0.1) is 17.3 Å². The molecule has 0 aromatic carbocycles. The molecule has 3 aromatic rings. The summed E-state index contributed by atoms with van der Waals surface area (Å²) in [5, 5.41) is 5.23. The Labute approximate surface area is 146 Å². The SMILES string of the molecule is Cc1nc(C)n(C[C@@H]2CCCN2Cc2cn3cc(Cl)ccc3n2)n1. The van der Waals surface area contributed by atoms with Crippen molar-refractivity contribution in [3.05, 3.63) is 46.9 Å². The third-order valence-corrected chi connectivity index (χ3v) is 4.90. The van der Waals surface area contributed by atoms with Crippen molar-refractivity contribution in [2.24, 2.45) is 0 Å². The van der Waals surface area contributed by atoms with E-state index in [2.05, 4.69) is 21.2 Å². The largest absolute Gasteiger partial charge is 0.305 e. The molecule has 0 unspecified atom stereocenters. The summed E-state index contributed by atoms with van der Waals surface area (Å²) >= 11 is 6.05. The van der Waals surface area contributed by atoms with E-state index >= 15 is 0 Å². The quantitative estimate of drug-likeness (QED) is 0.730. The lowest BCUT2D eigenvalue weighted by Crippen LogP contribution is -2.33. The van der Waals surface area contributed by atoms with Crippen molar-refractivity contribution in [1.82, 2.24) is 29.0 Å². The third-order valence-electron chi connectivity index (χ3n) is 4.68. The first kappa shape index (κ1) is 15.6. The van der Waals surface area contributed by atoms with Crippen molar-refractivity contribution >= 4 is 17.2 Å². The van der Waals surface area contributed by atoms with Crippen LogP contribution in [-0.2, 0) is 13.1 Å². The Balaban J connectivity index is 1.50. The molecular formula is C17H21ClN6. The monoisotopic (exact) mass is 344 g/mol. The number of halogens is 1. The highest BCUT2D eigenvalue weighted by Gasteiger charge is 2.26. The second-order valence-corrected chi connectivity index (χ2v) is 6.94. The van der Waals surface area contributed by atoms with Crippen LogP contribution in [0.2, 0.25) is 5.02 Å². The normalized spacial score (nSPS) is 18.7. The molecule has 0 amide bonds. The molecule has 1 aliphatic heterocycles. The summed E-state index contributed by atoms with van der Waals surface area (Å²) in [6.07, 6.45) is 6.38. The number of aromatic nitrogens is 5. The van der Waals surface area contributed by atoms with E-state index in [1.54, 1.807) is 0 Å². The van der Waals surface area contributed by atoms with Crippen LogP contribution in [0.4, 0.5) is 0 Å². The van der Waals surface area contributed by atoms with Gasteiger partial charge in [0.1, 0.15) is 17.3 Å². The highest BCUT2D eigenvalue weighted by molar-refractivity contribution is 6.30. The molecule has 0 radical (unpaired) electrons. The van der Waals surface area contributed by atoms with Crippen LogP contribution in [0.25, 0.3) is 5.65 Å². The number of imidazole rings is 1. The van der Waals surface area contributed by atoms with Gasteiger partial charge in [0.15, 0.2) is 0 Å². The molecule has 0 spiro atoms. The van der Waals surface area contributed by atoms with Gasteiger partial charge in [-0.05, 0) is 45.4 Å². The molecule has 126 valence electrons. The Morgan fingerprint density at radius 3 is 2.88 bits per heavy atom. The molecule has 24 heavy (non-hydrogen) atoms. The molecule has 1 saturated heterocycles. The van der Waals surface area contributed by atoms with Crippen LogP contribution in [0.3, 0.4) is 0 Å². The Hall–Kier alpha value is -1.92. The molecule has 1 fully saturated rings.